The van der Waals surface area contributed by atoms with Gasteiger partial charge in [-0.1, -0.05) is 6.07 Å². The third kappa shape index (κ3) is 4.32. The fourth-order valence-corrected chi connectivity index (χ4v) is 5.08. The number of aryl methyl sites for hydroxylation is 2. The molecule has 1 N–H and O–H groups in total. The van der Waals surface area contributed by atoms with E-state index in [-0.39, 0.29) is 42.4 Å². The zero-order chi connectivity index (χ0) is 19.8. The van der Waals surface area contributed by atoms with Crippen LogP contribution in [0.15, 0.2) is 23.1 Å². The number of rotatable bonds is 6. The van der Waals surface area contributed by atoms with Gasteiger partial charge in [-0.15, -0.1) is 0 Å². The van der Waals surface area contributed by atoms with Crippen LogP contribution >= 0.6 is 0 Å². The fraction of sp³-hybridized carbons (Fsp3) is 0.579. The Bertz CT molecular complexity index is 840. The Labute approximate surface area is 160 Å². The summed E-state index contributed by atoms with van der Waals surface area (Å²) in [6, 6.07) is 5.14. The number of sulfonamides is 1. The molecule has 2 aliphatic rings. The first-order valence-electron chi connectivity index (χ1n) is 9.30. The van der Waals surface area contributed by atoms with E-state index >= 15 is 0 Å². The number of benzene rings is 1. The number of carboxylic acid groups (broad SMARTS) is 1. The molecule has 1 saturated carbocycles. The maximum absolute atomic E-state index is 12.9. The molecule has 0 unspecified atom stereocenters. The Balaban J connectivity index is 1.66. The predicted molar refractivity (Wildman–Crippen MR) is 99.8 cm³/mol. The van der Waals surface area contributed by atoms with Crippen LogP contribution in [0.4, 0.5) is 0 Å². The highest BCUT2D eigenvalue weighted by Crippen LogP contribution is 2.31. The summed E-state index contributed by atoms with van der Waals surface area (Å²) in [5.41, 5.74) is 1.96. The van der Waals surface area contributed by atoms with E-state index in [2.05, 4.69) is 0 Å². The molecule has 0 aromatic heterocycles. The van der Waals surface area contributed by atoms with Crippen LogP contribution in [0.3, 0.4) is 0 Å². The lowest BCUT2D eigenvalue weighted by Crippen LogP contribution is -2.46. The zero-order valence-corrected chi connectivity index (χ0v) is 16.5. The zero-order valence-electron chi connectivity index (χ0n) is 15.7. The lowest BCUT2D eigenvalue weighted by atomic mass is 9.96. The fourth-order valence-electron chi connectivity index (χ4n) is 3.52. The molecule has 0 bridgehead atoms. The summed E-state index contributed by atoms with van der Waals surface area (Å²) >= 11 is 0. The number of carbonyl (C=O) groups excluding carboxylic acids is 1. The molecule has 0 spiro atoms. The van der Waals surface area contributed by atoms with Crippen molar-refractivity contribution < 1.29 is 23.1 Å². The molecule has 0 atom stereocenters. The Morgan fingerprint density at radius 1 is 1.11 bits per heavy atom. The van der Waals surface area contributed by atoms with Crippen molar-refractivity contribution in [3.63, 3.8) is 0 Å². The third-order valence-corrected chi connectivity index (χ3v) is 7.39. The van der Waals surface area contributed by atoms with Crippen molar-refractivity contribution >= 4 is 21.9 Å². The molecule has 7 nitrogen and oxygen atoms in total. The molecule has 148 valence electrons. The second-order valence-corrected chi connectivity index (χ2v) is 9.45. The van der Waals surface area contributed by atoms with Crippen LogP contribution in [-0.4, -0.2) is 60.3 Å². The van der Waals surface area contributed by atoms with Crippen LogP contribution in [-0.2, 0) is 19.6 Å². The molecule has 8 heteroatoms. The molecule has 1 aliphatic heterocycles. The van der Waals surface area contributed by atoms with Crippen LogP contribution in [0, 0.1) is 19.8 Å². The van der Waals surface area contributed by atoms with Crippen LogP contribution in [0.1, 0.15) is 36.8 Å². The summed E-state index contributed by atoms with van der Waals surface area (Å²) in [4.78, 5) is 25.5. The van der Waals surface area contributed by atoms with E-state index in [9.17, 15) is 18.0 Å². The van der Waals surface area contributed by atoms with Gasteiger partial charge in [-0.2, -0.15) is 4.31 Å². The molecule has 1 aromatic carbocycles. The van der Waals surface area contributed by atoms with Gasteiger partial charge >= 0.3 is 5.97 Å². The molecule has 1 heterocycles. The Hall–Kier alpha value is -1.93. The molecule has 1 aromatic rings. The topological polar surface area (TPSA) is 95.0 Å². The van der Waals surface area contributed by atoms with Gasteiger partial charge in [-0.3, -0.25) is 9.59 Å². The number of hydrogen-bond donors (Lipinski definition) is 1. The molecule has 1 amide bonds. The van der Waals surface area contributed by atoms with Gasteiger partial charge in [0.05, 0.1) is 4.90 Å². The molecule has 2 fully saturated rings. The van der Waals surface area contributed by atoms with Gasteiger partial charge in [0, 0.05) is 25.0 Å². The van der Waals surface area contributed by atoms with Crippen LogP contribution in [0.25, 0.3) is 0 Å². The number of carbonyl (C=O) groups is 2. The maximum atomic E-state index is 12.9. The van der Waals surface area contributed by atoms with E-state index in [0.29, 0.717) is 12.8 Å². The van der Waals surface area contributed by atoms with Crippen molar-refractivity contribution in [3.8, 4) is 0 Å². The highest BCUT2D eigenvalue weighted by Gasteiger charge is 2.39. The number of nitrogens with zero attached hydrogens (tertiary/aromatic N) is 2. The summed E-state index contributed by atoms with van der Waals surface area (Å²) in [6.07, 6.45) is 2.54. The predicted octanol–water partition coefficient (Wildman–Crippen LogP) is 1.78. The van der Waals surface area contributed by atoms with Crippen LogP contribution < -0.4 is 0 Å². The average molecular weight is 394 g/mol. The normalized spacial score (nSPS) is 19.0. The van der Waals surface area contributed by atoms with Crippen molar-refractivity contribution in [3.05, 3.63) is 29.3 Å². The largest absolute Gasteiger partial charge is 0.480 e. The standard InChI is InChI=1S/C19H26N2O5S/c1-13-3-6-17(11-14(13)2)27(25,26)20-9-7-15(8-10-20)19(24)21(12-18(22)23)16-4-5-16/h3,6,11,15-16H,4-5,7-10,12H2,1-2H3,(H,22,23). The van der Waals surface area contributed by atoms with Gasteiger partial charge in [-0.25, -0.2) is 8.42 Å². The molecular formula is C19H26N2O5S. The highest BCUT2D eigenvalue weighted by atomic mass is 32.2. The number of amides is 1. The second kappa shape index (κ2) is 7.59. The van der Waals surface area contributed by atoms with Gasteiger partial charge in [0.15, 0.2) is 0 Å². The smallest absolute Gasteiger partial charge is 0.323 e. The first kappa shape index (κ1) is 19.8. The van der Waals surface area contributed by atoms with Crippen molar-refractivity contribution in [2.24, 2.45) is 5.92 Å². The van der Waals surface area contributed by atoms with Gasteiger partial charge in [0.25, 0.3) is 0 Å². The Morgan fingerprint density at radius 3 is 2.26 bits per heavy atom. The first-order valence-corrected chi connectivity index (χ1v) is 10.7. The Morgan fingerprint density at radius 2 is 1.74 bits per heavy atom. The monoisotopic (exact) mass is 394 g/mol. The van der Waals surface area contributed by atoms with E-state index in [4.69, 9.17) is 5.11 Å². The first-order chi connectivity index (χ1) is 12.7. The van der Waals surface area contributed by atoms with E-state index in [1.54, 1.807) is 18.2 Å². The van der Waals surface area contributed by atoms with Gasteiger partial charge in [-0.05, 0) is 62.8 Å². The summed E-state index contributed by atoms with van der Waals surface area (Å²) in [5, 5.41) is 9.04. The molecule has 27 heavy (non-hydrogen) atoms. The molecule has 1 saturated heterocycles. The molecule has 3 rings (SSSR count). The lowest BCUT2D eigenvalue weighted by Gasteiger charge is -2.33. The van der Waals surface area contributed by atoms with E-state index in [0.717, 1.165) is 24.0 Å². The van der Waals surface area contributed by atoms with Crippen molar-refractivity contribution in [1.29, 1.82) is 0 Å². The number of piperidine rings is 1. The van der Waals surface area contributed by atoms with Gasteiger partial charge in [0.1, 0.15) is 6.54 Å². The third-order valence-electron chi connectivity index (χ3n) is 5.50. The summed E-state index contributed by atoms with van der Waals surface area (Å²) in [5.74, 6) is -1.47. The minimum atomic E-state index is -3.58. The molecular weight excluding hydrogens is 368 g/mol. The number of carboxylic acids is 1. The van der Waals surface area contributed by atoms with Gasteiger partial charge < -0.3 is 10.0 Å². The molecule has 1 aliphatic carbocycles. The lowest BCUT2D eigenvalue weighted by molar-refractivity contribution is -0.147. The van der Waals surface area contributed by atoms with E-state index in [1.165, 1.54) is 9.21 Å². The SMILES string of the molecule is Cc1ccc(S(=O)(=O)N2CCC(C(=O)N(CC(=O)O)C3CC3)CC2)cc1C. The highest BCUT2D eigenvalue weighted by molar-refractivity contribution is 7.89. The maximum Gasteiger partial charge on any atom is 0.323 e. The number of hydrogen-bond acceptors (Lipinski definition) is 4. The summed E-state index contributed by atoms with van der Waals surface area (Å²) in [7, 11) is -3.58. The van der Waals surface area contributed by atoms with Crippen LogP contribution in [0.5, 0.6) is 0 Å². The van der Waals surface area contributed by atoms with Crippen LogP contribution in [0.2, 0.25) is 0 Å². The summed E-state index contributed by atoms with van der Waals surface area (Å²) in [6.45, 7) is 4.10. The minimum absolute atomic E-state index is 0.0332. The summed E-state index contributed by atoms with van der Waals surface area (Å²) < 4.78 is 27.2. The quantitative estimate of drug-likeness (QED) is 0.794. The Kier molecular flexibility index (Phi) is 5.58. The van der Waals surface area contributed by atoms with Gasteiger partial charge in [0.2, 0.25) is 15.9 Å². The minimum Gasteiger partial charge on any atom is -0.480 e. The molecule has 0 radical (unpaired) electrons. The number of aliphatic carboxylic acids is 1. The van der Waals surface area contributed by atoms with Crippen molar-refractivity contribution in [2.75, 3.05) is 19.6 Å². The van der Waals surface area contributed by atoms with E-state index < -0.39 is 16.0 Å². The van der Waals surface area contributed by atoms with E-state index in [1.807, 2.05) is 13.8 Å². The van der Waals surface area contributed by atoms with Crippen molar-refractivity contribution in [1.82, 2.24) is 9.21 Å². The van der Waals surface area contributed by atoms with Crippen molar-refractivity contribution in [2.45, 2.75) is 50.5 Å². The average Bonchev–Trinajstić information content (AvgIpc) is 3.46. The second-order valence-electron chi connectivity index (χ2n) is 7.52.